The molecule has 0 saturated heterocycles. The van der Waals surface area contributed by atoms with Crippen molar-refractivity contribution in [2.24, 2.45) is 86.8 Å². The molecule has 9 aliphatic rings. The van der Waals surface area contributed by atoms with Gasteiger partial charge in [0.1, 0.15) is 5.78 Å². The van der Waals surface area contributed by atoms with Crippen molar-refractivity contribution in [2.45, 2.75) is 161 Å². The molecule has 316 valence electrons. The Morgan fingerprint density at radius 3 is 1.63 bits per heavy atom. The van der Waals surface area contributed by atoms with E-state index in [4.69, 9.17) is 0 Å². The first-order valence-corrected chi connectivity index (χ1v) is 24.5. The van der Waals surface area contributed by atoms with Gasteiger partial charge < -0.3 is 10.2 Å². The third-order valence-electron chi connectivity index (χ3n) is 18.8. The number of aliphatic imine (C=N–C) groups is 1. The van der Waals surface area contributed by atoms with Crippen LogP contribution >= 0.6 is 15.9 Å². The van der Waals surface area contributed by atoms with Crippen LogP contribution in [0, 0.1) is 81.8 Å². The van der Waals surface area contributed by atoms with Crippen molar-refractivity contribution in [1.82, 2.24) is 9.78 Å². The average Bonchev–Trinajstić information content (AvgIpc) is 4.02. The number of hydrogen-bond acceptors (Lipinski definition) is 6. The molecule has 0 amide bonds. The summed E-state index contributed by atoms with van der Waals surface area (Å²) in [4.78, 5) is 29.5. The molecule has 8 fully saturated rings. The Labute approximate surface area is 352 Å². The highest BCUT2D eigenvalue weighted by atomic mass is 79.9. The summed E-state index contributed by atoms with van der Waals surface area (Å²) in [5.74, 6) is 9.37. The summed E-state index contributed by atoms with van der Waals surface area (Å²) in [5, 5.41) is 25.8. The predicted octanol–water partition coefficient (Wildman–Crippen LogP) is 10.1. The highest BCUT2D eigenvalue weighted by Gasteiger charge is 2.60. The van der Waals surface area contributed by atoms with Crippen molar-refractivity contribution in [2.75, 3.05) is 11.9 Å². The maximum Gasteiger partial charge on any atom is 0.157 e. The molecule has 0 spiro atoms. The number of halogens is 1. The van der Waals surface area contributed by atoms with Crippen molar-refractivity contribution >= 4 is 33.7 Å². The van der Waals surface area contributed by atoms with Gasteiger partial charge in [0.25, 0.3) is 0 Å². The fourth-order valence-corrected chi connectivity index (χ4v) is 16.7. The van der Waals surface area contributed by atoms with Crippen molar-refractivity contribution in [1.29, 1.82) is 0 Å². The lowest BCUT2D eigenvalue weighted by molar-refractivity contribution is -0.133. The standard InChI is InChI=1S/C24H36N2O2.C21H33BrO2.C4H5N/c1-23(28)10-8-17-16(14-23)4-5-19-18(17)9-11-24(2)20(19)6-7-21(24)22(27)15-26-13-3-12-25-26;1-20(24)9-7-14-13(11-20)3-4-16-15(14)8-10-21(2)17(16)5-6-18(21)19(23)12-22;1-2-4-5-3-1/h3,12-13,16-21,28H,4-11,14-15H2,1-2H3;13-18,24H,3-12H2,1-2H3;1-3H,4H2/t16-,17+,18-,19-,20+,21-,23-,24+;13-,14+,15-,16-,17+,18-,20-,21+;/m11./s1. The Bertz CT molecular complexity index is 1630. The minimum Gasteiger partial charge on any atom is -0.390 e. The molecule has 10 rings (SSSR count). The Morgan fingerprint density at radius 1 is 0.667 bits per heavy atom. The van der Waals surface area contributed by atoms with Gasteiger partial charge in [-0.1, -0.05) is 35.9 Å². The molecule has 57 heavy (non-hydrogen) atoms. The van der Waals surface area contributed by atoms with Gasteiger partial charge in [-0.05, 0) is 212 Å². The number of nitrogens with zero attached hydrogens (tertiary/aromatic N) is 3. The van der Waals surface area contributed by atoms with Crippen LogP contribution in [0.1, 0.15) is 143 Å². The molecule has 8 aliphatic carbocycles. The normalized spacial score (nSPS) is 47.7. The Balaban J connectivity index is 0.000000143. The van der Waals surface area contributed by atoms with Gasteiger partial charge in [0.15, 0.2) is 5.78 Å². The zero-order valence-corrected chi connectivity index (χ0v) is 37.3. The summed E-state index contributed by atoms with van der Waals surface area (Å²) >= 11 is 3.42. The molecule has 1 aromatic rings. The van der Waals surface area contributed by atoms with Crippen LogP contribution in [0.2, 0.25) is 0 Å². The number of carbonyl (C=O) groups excluding carboxylic acids is 2. The van der Waals surface area contributed by atoms with Crippen molar-refractivity contribution in [3.8, 4) is 0 Å². The first kappa shape index (κ1) is 42.1. The van der Waals surface area contributed by atoms with Gasteiger partial charge in [0.2, 0.25) is 0 Å². The molecule has 0 radical (unpaired) electrons. The van der Waals surface area contributed by atoms with Crippen LogP contribution < -0.4 is 0 Å². The molecule has 8 heteroatoms. The lowest BCUT2D eigenvalue weighted by Gasteiger charge is -2.56. The molecule has 0 unspecified atom stereocenters. The molecule has 2 heterocycles. The van der Waals surface area contributed by atoms with Gasteiger partial charge in [0, 0.05) is 30.4 Å². The van der Waals surface area contributed by atoms with Crippen molar-refractivity contribution in [3.63, 3.8) is 0 Å². The van der Waals surface area contributed by atoms with Crippen LogP contribution in [0.4, 0.5) is 0 Å². The molecule has 8 saturated carbocycles. The summed E-state index contributed by atoms with van der Waals surface area (Å²) in [5.41, 5.74) is -0.399. The first-order valence-electron chi connectivity index (χ1n) is 23.4. The van der Waals surface area contributed by atoms with Crippen LogP contribution in [0.3, 0.4) is 0 Å². The first-order chi connectivity index (χ1) is 27.2. The summed E-state index contributed by atoms with van der Waals surface area (Å²) < 4.78 is 1.80. The number of hydrogen-bond donors (Lipinski definition) is 2. The second-order valence-electron chi connectivity index (χ2n) is 21.9. The predicted molar refractivity (Wildman–Crippen MR) is 231 cm³/mol. The van der Waals surface area contributed by atoms with E-state index < -0.39 is 11.2 Å². The second kappa shape index (κ2) is 16.7. The summed E-state index contributed by atoms with van der Waals surface area (Å²) in [6.45, 7) is 10.3. The van der Waals surface area contributed by atoms with E-state index >= 15 is 0 Å². The van der Waals surface area contributed by atoms with E-state index in [9.17, 15) is 19.8 Å². The Hall–Kier alpha value is -1.64. The number of ketones is 2. The molecule has 16 atom stereocenters. The Kier molecular flexibility index (Phi) is 12.3. The molecular formula is C49H74BrN3O4. The van der Waals surface area contributed by atoms with Crippen LogP contribution in [0.15, 0.2) is 35.6 Å². The molecule has 1 aliphatic heterocycles. The zero-order valence-electron chi connectivity index (χ0n) is 35.7. The van der Waals surface area contributed by atoms with Gasteiger partial charge in [-0.15, -0.1) is 0 Å². The molecule has 0 aromatic carbocycles. The number of alkyl halides is 1. The zero-order chi connectivity index (χ0) is 40.2. The third kappa shape index (κ3) is 8.26. The van der Waals surface area contributed by atoms with E-state index in [1.807, 2.05) is 38.3 Å². The maximum atomic E-state index is 13.1. The number of allylic oxidation sites excluding steroid dienone is 1. The second-order valence-corrected chi connectivity index (χ2v) is 22.5. The highest BCUT2D eigenvalue weighted by molar-refractivity contribution is 9.09. The van der Waals surface area contributed by atoms with Crippen LogP contribution in [-0.2, 0) is 16.1 Å². The smallest absolute Gasteiger partial charge is 0.157 e. The van der Waals surface area contributed by atoms with Crippen LogP contribution in [0.25, 0.3) is 0 Å². The minimum atomic E-state index is -0.436. The van der Waals surface area contributed by atoms with Crippen LogP contribution in [0.5, 0.6) is 0 Å². The van der Waals surface area contributed by atoms with E-state index in [0.29, 0.717) is 29.4 Å². The van der Waals surface area contributed by atoms with Gasteiger partial charge in [-0.2, -0.15) is 5.10 Å². The topological polar surface area (TPSA) is 105 Å². The van der Waals surface area contributed by atoms with Crippen molar-refractivity contribution in [3.05, 3.63) is 30.6 Å². The fraction of sp³-hybridized carbons (Fsp3) is 0.837. The molecule has 1 aromatic heterocycles. The monoisotopic (exact) mass is 847 g/mol. The third-order valence-corrected chi connectivity index (χ3v) is 19.4. The number of rotatable bonds is 5. The van der Waals surface area contributed by atoms with Crippen LogP contribution in [-0.4, -0.2) is 60.9 Å². The molecular weight excluding hydrogens is 774 g/mol. The summed E-state index contributed by atoms with van der Waals surface area (Å²) in [6, 6.07) is 1.90. The van der Waals surface area contributed by atoms with E-state index in [0.717, 1.165) is 104 Å². The summed E-state index contributed by atoms with van der Waals surface area (Å²) in [7, 11) is 0. The largest absolute Gasteiger partial charge is 0.390 e. The number of aliphatic hydroxyl groups is 2. The Morgan fingerprint density at radius 2 is 1.19 bits per heavy atom. The lowest BCUT2D eigenvalue weighted by atomic mass is 9.49. The highest BCUT2D eigenvalue weighted by Crippen LogP contribution is 2.66. The average molecular weight is 849 g/mol. The fourth-order valence-electron chi connectivity index (χ4n) is 16.3. The van der Waals surface area contributed by atoms with E-state index in [2.05, 4.69) is 39.9 Å². The van der Waals surface area contributed by atoms with Gasteiger partial charge >= 0.3 is 0 Å². The maximum absolute atomic E-state index is 13.1. The van der Waals surface area contributed by atoms with Gasteiger partial charge in [-0.3, -0.25) is 19.3 Å². The molecule has 2 N–H and O–H groups in total. The number of carbonyl (C=O) groups is 2. The van der Waals surface area contributed by atoms with Gasteiger partial charge in [0.05, 0.1) is 29.6 Å². The number of fused-ring (bicyclic) bond motifs is 10. The summed E-state index contributed by atoms with van der Waals surface area (Å²) in [6.07, 6.45) is 30.9. The van der Waals surface area contributed by atoms with Gasteiger partial charge in [-0.25, -0.2) is 0 Å². The number of aromatic nitrogens is 2. The van der Waals surface area contributed by atoms with E-state index in [1.54, 1.807) is 17.1 Å². The van der Waals surface area contributed by atoms with E-state index in [-0.39, 0.29) is 16.7 Å². The quantitative estimate of drug-likeness (QED) is 0.287. The molecule has 7 nitrogen and oxygen atoms in total. The van der Waals surface area contributed by atoms with E-state index in [1.165, 1.54) is 77.0 Å². The number of Topliss-reactive ketones (excluding diaryl/α,β-unsaturated/α-hetero) is 2. The minimum absolute atomic E-state index is 0.193. The lowest BCUT2D eigenvalue weighted by Crippen LogP contribution is -2.51. The SMILES string of the molecule is C1=CCN=C1.C[C@@]1(O)CC[C@H]2[C@H](CC[C@@H]3[C@@H]2CC[C@]2(C)[C@@H](C(=O)CBr)CC[C@@H]32)C1.C[C@@]1(O)CC[C@H]2[C@H](CC[C@@H]3[C@@H]2CC[C@]2(C)[C@@H](C(=O)Cn4cccn4)CC[C@@H]32)C1. The van der Waals surface area contributed by atoms with Crippen molar-refractivity contribution < 1.29 is 19.8 Å². The molecule has 0 bridgehead atoms.